The van der Waals surface area contributed by atoms with Crippen LogP contribution in [0.25, 0.3) is 0 Å². The molecule has 0 spiro atoms. The molecule has 1 aliphatic rings. The van der Waals surface area contributed by atoms with Crippen molar-refractivity contribution in [1.29, 1.82) is 0 Å². The standard InChI is InChI=1S/C12H19NO/c1-5-6-9(2)10(3)12-11(4)14-8-7-13-12/h5-6,13H,7-8H2,1-4H3/b6-5-,10-9-. The maximum atomic E-state index is 5.50. The van der Waals surface area contributed by atoms with Crippen LogP contribution in [0, 0.1) is 0 Å². The Hall–Kier alpha value is -1.18. The summed E-state index contributed by atoms with van der Waals surface area (Å²) in [7, 11) is 0. The molecule has 1 rings (SSSR count). The summed E-state index contributed by atoms with van der Waals surface area (Å²) in [6.45, 7) is 9.94. The van der Waals surface area contributed by atoms with Crippen LogP contribution >= 0.6 is 0 Å². The molecule has 0 amide bonds. The molecule has 0 bridgehead atoms. The quantitative estimate of drug-likeness (QED) is 0.681. The van der Waals surface area contributed by atoms with Crippen molar-refractivity contribution in [3.8, 4) is 0 Å². The van der Waals surface area contributed by atoms with Crippen molar-refractivity contribution < 1.29 is 4.74 Å². The molecule has 2 heteroatoms. The minimum absolute atomic E-state index is 0.769. The first-order valence-electron chi connectivity index (χ1n) is 5.05. The van der Waals surface area contributed by atoms with E-state index in [4.69, 9.17) is 4.74 Å². The zero-order valence-corrected chi connectivity index (χ0v) is 9.48. The molecule has 0 fully saturated rings. The summed E-state index contributed by atoms with van der Waals surface area (Å²) in [4.78, 5) is 0. The van der Waals surface area contributed by atoms with Crippen molar-refractivity contribution in [2.75, 3.05) is 13.2 Å². The minimum atomic E-state index is 0.769. The monoisotopic (exact) mass is 193 g/mol. The highest BCUT2D eigenvalue weighted by Gasteiger charge is 2.11. The van der Waals surface area contributed by atoms with Gasteiger partial charge in [-0.15, -0.1) is 0 Å². The summed E-state index contributed by atoms with van der Waals surface area (Å²) in [5.41, 5.74) is 3.69. The minimum Gasteiger partial charge on any atom is -0.494 e. The number of nitrogens with one attached hydrogen (secondary N) is 1. The van der Waals surface area contributed by atoms with Crippen LogP contribution in [-0.2, 0) is 4.74 Å². The first kappa shape index (κ1) is 10.9. The van der Waals surface area contributed by atoms with E-state index in [1.165, 1.54) is 11.1 Å². The first-order valence-corrected chi connectivity index (χ1v) is 5.05. The van der Waals surface area contributed by atoms with Gasteiger partial charge in [-0.2, -0.15) is 0 Å². The van der Waals surface area contributed by atoms with Gasteiger partial charge in [0.2, 0.25) is 0 Å². The highest BCUT2D eigenvalue weighted by Crippen LogP contribution is 2.19. The lowest BCUT2D eigenvalue weighted by molar-refractivity contribution is 0.194. The fourth-order valence-electron chi connectivity index (χ4n) is 1.55. The molecule has 1 heterocycles. The summed E-state index contributed by atoms with van der Waals surface area (Å²) in [5.74, 6) is 0.998. The van der Waals surface area contributed by atoms with Gasteiger partial charge in [-0.05, 0) is 38.8 Å². The normalized spacial score (nSPS) is 19.1. The lowest BCUT2D eigenvalue weighted by atomic mass is 10.1. The number of hydrogen-bond donors (Lipinski definition) is 1. The predicted molar refractivity (Wildman–Crippen MR) is 59.8 cm³/mol. The Kier molecular flexibility index (Phi) is 3.81. The fourth-order valence-corrected chi connectivity index (χ4v) is 1.55. The zero-order valence-electron chi connectivity index (χ0n) is 9.48. The van der Waals surface area contributed by atoms with Gasteiger partial charge in [-0.1, -0.05) is 12.2 Å². The molecule has 0 saturated heterocycles. The molecule has 0 aromatic rings. The highest BCUT2D eigenvalue weighted by atomic mass is 16.5. The van der Waals surface area contributed by atoms with Crippen molar-refractivity contribution in [3.63, 3.8) is 0 Å². The largest absolute Gasteiger partial charge is 0.494 e. The fraction of sp³-hybridized carbons (Fsp3) is 0.500. The van der Waals surface area contributed by atoms with Crippen LogP contribution in [0.5, 0.6) is 0 Å². The Labute approximate surface area is 86.3 Å². The lowest BCUT2D eigenvalue weighted by Gasteiger charge is -2.22. The molecular formula is C12H19NO. The topological polar surface area (TPSA) is 21.3 Å². The van der Waals surface area contributed by atoms with Crippen molar-refractivity contribution >= 4 is 0 Å². The Morgan fingerprint density at radius 1 is 1.43 bits per heavy atom. The van der Waals surface area contributed by atoms with E-state index in [9.17, 15) is 0 Å². The summed E-state index contributed by atoms with van der Waals surface area (Å²) >= 11 is 0. The third-order valence-electron chi connectivity index (χ3n) is 2.46. The second kappa shape index (κ2) is 4.89. The van der Waals surface area contributed by atoms with E-state index in [1.54, 1.807) is 0 Å². The molecule has 2 nitrogen and oxygen atoms in total. The molecule has 0 aromatic carbocycles. The average Bonchev–Trinajstić information content (AvgIpc) is 2.18. The molecule has 0 unspecified atom stereocenters. The predicted octanol–water partition coefficient (Wildman–Crippen LogP) is 2.75. The van der Waals surface area contributed by atoms with Gasteiger partial charge in [0, 0.05) is 6.54 Å². The SMILES string of the molecule is C/C=C\C(C)=C(\C)C1=C(C)OCCN1. The second-order valence-corrected chi connectivity index (χ2v) is 3.51. The van der Waals surface area contributed by atoms with Gasteiger partial charge >= 0.3 is 0 Å². The summed E-state index contributed by atoms with van der Waals surface area (Å²) in [6.07, 6.45) is 4.17. The first-order chi connectivity index (χ1) is 6.66. The summed E-state index contributed by atoms with van der Waals surface area (Å²) < 4.78 is 5.50. The summed E-state index contributed by atoms with van der Waals surface area (Å²) in [6, 6.07) is 0. The van der Waals surface area contributed by atoms with E-state index < -0.39 is 0 Å². The molecule has 14 heavy (non-hydrogen) atoms. The van der Waals surface area contributed by atoms with Gasteiger partial charge in [-0.3, -0.25) is 0 Å². The Morgan fingerprint density at radius 3 is 2.71 bits per heavy atom. The molecule has 1 aliphatic heterocycles. The Bertz CT molecular complexity index is 297. The number of allylic oxidation sites excluding steroid dienone is 5. The highest BCUT2D eigenvalue weighted by molar-refractivity contribution is 5.38. The van der Waals surface area contributed by atoms with Gasteiger partial charge in [-0.25, -0.2) is 0 Å². The van der Waals surface area contributed by atoms with Crippen molar-refractivity contribution in [2.24, 2.45) is 0 Å². The van der Waals surface area contributed by atoms with E-state index in [1.807, 2.05) is 13.8 Å². The van der Waals surface area contributed by atoms with Crippen LogP contribution in [0.4, 0.5) is 0 Å². The Morgan fingerprint density at radius 2 is 2.14 bits per heavy atom. The van der Waals surface area contributed by atoms with Crippen LogP contribution in [-0.4, -0.2) is 13.2 Å². The van der Waals surface area contributed by atoms with Crippen LogP contribution < -0.4 is 5.32 Å². The van der Waals surface area contributed by atoms with E-state index >= 15 is 0 Å². The number of rotatable bonds is 2. The third kappa shape index (κ3) is 2.41. The Balaban J connectivity index is 2.97. The van der Waals surface area contributed by atoms with E-state index in [0.29, 0.717) is 0 Å². The maximum absolute atomic E-state index is 5.50. The van der Waals surface area contributed by atoms with Gasteiger partial charge in [0.05, 0.1) is 5.70 Å². The maximum Gasteiger partial charge on any atom is 0.116 e. The third-order valence-corrected chi connectivity index (χ3v) is 2.46. The molecule has 0 radical (unpaired) electrons. The van der Waals surface area contributed by atoms with Crippen LogP contribution in [0.15, 0.2) is 34.8 Å². The van der Waals surface area contributed by atoms with Crippen molar-refractivity contribution in [2.45, 2.75) is 27.7 Å². The van der Waals surface area contributed by atoms with E-state index in [2.05, 4.69) is 31.3 Å². The average molecular weight is 193 g/mol. The molecule has 0 saturated carbocycles. The molecule has 1 N–H and O–H groups in total. The smallest absolute Gasteiger partial charge is 0.116 e. The van der Waals surface area contributed by atoms with Crippen LogP contribution in [0.1, 0.15) is 27.7 Å². The van der Waals surface area contributed by atoms with Crippen molar-refractivity contribution in [1.82, 2.24) is 5.32 Å². The second-order valence-electron chi connectivity index (χ2n) is 3.51. The molecule has 0 aliphatic carbocycles. The van der Waals surface area contributed by atoms with Gasteiger partial charge < -0.3 is 10.1 Å². The molecular weight excluding hydrogens is 174 g/mol. The summed E-state index contributed by atoms with van der Waals surface area (Å²) in [5, 5.41) is 3.37. The van der Waals surface area contributed by atoms with E-state index in [0.717, 1.165) is 24.6 Å². The van der Waals surface area contributed by atoms with Gasteiger partial charge in [0.25, 0.3) is 0 Å². The molecule has 0 aromatic heterocycles. The van der Waals surface area contributed by atoms with Crippen LogP contribution in [0.3, 0.4) is 0 Å². The molecule has 78 valence electrons. The number of ether oxygens (including phenoxy) is 1. The zero-order chi connectivity index (χ0) is 10.6. The molecule has 0 atom stereocenters. The van der Waals surface area contributed by atoms with E-state index in [-0.39, 0.29) is 0 Å². The van der Waals surface area contributed by atoms with Crippen LogP contribution in [0.2, 0.25) is 0 Å². The van der Waals surface area contributed by atoms with Crippen molar-refractivity contribution in [3.05, 3.63) is 34.8 Å². The van der Waals surface area contributed by atoms with Gasteiger partial charge in [0.1, 0.15) is 12.4 Å². The number of hydrogen-bond acceptors (Lipinski definition) is 2. The van der Waals surface area contributed by atoms with Gasteiger partial charge in [0.15, 0.2) is 0 Å². The lowest BCUT2D eigenvalue weighted by Crippen LogP contribution is -2.26.